The number of hydrogen-bond acceptors (Lipinski definition) is 4. The van der Waals surface area contributed by atoms with Crippen LogP contribution in [0.25, 0.3) is 0 Å². The monoisotopic (exact) mass is 282 g/mol. The fourth-order valence-corrected chi connectivity index (χ4v) is 2.64. The van der Waals surface area contributed by atoms with E-state index in [2.05, 4.69) is 5.32 Å². The van der Waals surface area contributed by atoms with Gasteiger partial charge in [-0.25, -0.2) is 4.39 Å². The highest BCUT2D eigenvalue weighted by Crippen LogP contribution is 2.32. The van der Waals surface area contributed by atoms with Gasteiger partial charge >= 0.3 is 5.97 Å². The van der Waals surface area contributed by atoms with Gasteiger partial charge in [0.25, 0.3) is 5.69 Å². The number of carboxylic acids is 1. The number of non-ortho nitro benzene ring substituents is 1. The molecule has 0 radical (unpaired) electrons. The van der Waals surface area contributed by atoms with Crippen LogP contribution in [0.4, 0.5) is 15.8 Å². The molecule has 1 aromatic rings. The molecule has 0 amide bonds. The normalized spacial score (nSPS) is 21.6. The third-order valence-corrected chi connectivity index (χ3v) is 3.64. The fraction of sp³-hybridized carbons (Fsp3) is 0.462. The highest BCUT2D eigenvalue weighted by Gasteiger charge is 2.32. The van der Waals surface area contributed by atoms with Crippen LogP contribution in [0.3, 0.4) is 0 Å². The van der Waals surface area contributed by atoms with Crippen molar-refractivity contribution in [3.05, 3.63) is 34.1 Å². The number of hydrogen-bond donors (Lipinski definition) is 2. The SMILES string of the molecule is O=C(O)C1CCCC1CNc1cc(F)cc([N+](=O)[O-])c1. The molecule has 1 fully saturated rings. The molecule has 0 aromatic heterocycles. The smallest absolute Gasteiger partial charge is 0.306 e. The number of aliphatic carboxylic acids is 1. The Bertz CT molecular complexity index is 535. The Balaban J connectivity index is 2.03. The maximum Gasteiger partial charge on any atom is 0.306 e. The van der Waals surface area contributed by atoms with Crippen molar-refractivity contribution in [1.29, 1.82) is 0 Å². The van der Waals surface area contributed by atoms with Crippen LogP contribution in [-0.4, -0.2) is 22.5 Å². The van der Waals surface area contributed by atoms with E-state index in [9.17, 15) is 19.3 Å². The van der Waals surface area contributed by atoms with Crippen molar-refractivity contribution < 1.29 is 19.2 Å². The Morgan fingerprint density at radius 1 is 1.45 bits per heavy atom. The number of carbonyl (C=O) groups is 1. The molecule has 2 N–H and O–H groups in total. The van der Waals surface area contributed by atoms with Crippen LogP contribution in [0.1, 0.15) is 19.3 Å². The van der Waals surface area contributed by atoms with E-state index in [1.54, 1.807) is 0 Å². The lowest BCUT2D eigenvalue weighted by molar-refractivity contribution is -0.385. The second-order valence-corrected chi connectivity index (χ2v) is 4.97. The minimum absolute atomic E-state index is 0.0326. The van der Waals surface area contributed by atoms with Crippen LogP contribution in [0.15, 0.2) is 18.2 Å². The summed E-state index contributed by atoms with van der Waals surface area (Å²) in [5.41, 5.74) is -0.0264. The van der Waals surface area contributed by atoms with Gasteiger partial charge in [-0.15, -0.1) is 0 Å². The molecule has 7 heteroatoms. The summed E-state index contributed by atoms with van der Waals surface area (Å²) in [6, 6.07) is 3.26. The van der Waals surface area contributed by atoms with Crippen molar-refractivity contribution in [2.45, 2.75) is 19.3 Å². The topological polar surface area (TPSA) is 92.5 Å². The average Bonchev–Trinajstić information content (AvgIpc) is 2.84. The van der Waals surface area contributed by atoms with Gasteiger partial charge in [0.05, 0.1) is 16.9 Å². The molecule has 1 aliphatic rings. The highest BCUT2D eigenvalue weighted by atomic mass is 19.1. The number of benzene rings is 1. The first kappa shape index (κ1) is 14.2. The quantitative estimate of drug-likeness (QED) is 0.639. The van der Waals surface area contributed by atoms with Gasteiger partial charge in [0, 0.05) is 18.3 Å². The van der Waals surface area contributed by atoms with Gasteiger partial charge in [-0.1, -0.05) is 6.42 Å². The number of rotatable bonds is 5. The van der Waals surface area contributed by atoms with Gasteiger partial charge in [-0.2, -0.15) is 0 Å². The number of carboxylic acid groups (broad SMARTS) is 1. The Hall–Kier alpha value is -2.18. The highest BCUT2D eigenvalue weighted by molar-refractivity contribution is 5.70. The first-order chi connectivity index (χ1) is 9.47. The predicted molar refractivity (Wildman–Crippen MR) is 70.0 cm³/mol. The average molecular weight is 282 g/mol. The Morgan fingerprint density at radius 3 is 2.85 bits per heavy atom. The third kappa shape index (κ3) is 3.23. The van der Waals surface area contributed by atoms with E-state index in [-0.39, 0.29) is 11.6 Å². The van der Waals surface area contributed by atoms with Crippen LogP contribution >= 0.6 is 0 Å². The lowest BCUT2D eigenvalue weighted by atomic mass is 9.96. The Morgan fingerprint density at radius 2 is 2.20 bits per heavy atom. The maximum atomic E-state index is 13.3. The molecule has 1 aromatic carbocycles. The zero-order valence-electron chi connectivity index (χ0n) is 10.7. The van der Waals surface area contributed by atoms with Gasteiger partial charge < -0.3 is 10.4 Å². The van der Waals surface area contributed by atoms with E-state index >= 15 is 0 Å². The first-order valence-corrected chi connectivity index (χ1v) is 6.39. The number of anilines is 1. The van der Waals surface area contributed by atoms with Crippen LogP contribution in [0.2, 0.25) is 0 Å². The molecular formula is C13H15FN2O4. The number of nitrogens with one attached hydrogen (secondary N) is 1. The zero-order chi connectivity index (χ0) is 14.7. The third-order valence-electron chi connectivity index (χ3n) is 3.64. The van der Waals surface area contributed by atoms with Gasteiger partial charge in [-0.05, 0) is 24.8 Å². The van der Waals surface area contributed by atoms with Gasteiger partial charge in [-0.3, -0.25) is 14.9 Å². The molecule has 2 atom stereocenters. The Labute approximate surface area is 114 Å². The molecule has 2 rings (SSSR count). The molecule has 0 spiro atoms. The summed E-state index contributed by atoms with van der Waals surface area (Å²) in [4.78, 5) is 21.0. The van der Waals surface area contributed by atoms with Gasteiger partial charge in [0.2, 0.25) is 0 Å². The van der Waals surface area contributed by atoms with E-state index in [0.29, 0.717) is 18.7 Å². The minimum atomic E-state index is -0.820. The molecule has 6 nitrogen and oxygen atoms in total. The molecule has 108 valence electrons. The molecule has 1 saturated carbocycles. The number of halogens is 1. The largest absolute Gasteiger partial charge is 0.481 e. The van der Waals surface area contributed by atoms with Crippen LogP contribution < -0.4 is 5.32 Å². The molecule has 0 aliphatic heterocycles. The summed E-state index contributed by atoms with van der Waals surface area (Å²) in [5, 5.41) is 22.6. The number of nitro groups is 1. The lowest BCUT2D eigenvalue weighted by Crippen LogP contribution is -2.24. The van der Waals surface area contributed by atoms with Gasteiger partial charge in [0.15, 0.2) is 0 Å². The zero-order valence-corrected chi connectivity index (χ0v) is 10.7. The van der Waals surface area contributed by atoms with E-state index in [1.807, 2.05) is 0 Å². The van der Waals surface area contributed by atoms with Crippen molar-refractivity contribution in [3.8, 4) is 0 Å². The Kier molecular flexibility index (Phi) is 4.16. The molecular weight excluding hydrogens is 267 g/mol. The van der Waals surface area contributed by atoms with Gasteiger partial charge in [0.1, 0.15) is 5.82 Å². The van der Waals surface area contributed by atoms with Crippen LogP contribution in [0, 0.1) is 27.8 Å². The molecule has 1 aliphatic carbocycles. The summed E-state index contributed by atoms with van der Waals surface area (Å²) in [5.74, 6) is -1.94. The minimum Gasteiger partial charge on any atom is -0.481 e. The summed E-state index contributed by atoms with van der Waals surface area (Å²) in [6.07, 6.45) is 2.29. The molecule has 2 unspecified atom stereocenters. The lowest BCUT2D eigenvalue weighted by Gasteiger charge is -2.17. The second-order valence-electron chi connectivity index (χ2n) is 4.97. The summed E-state index contributed by atoms with van der Waals surface area (Å²) in [7, 11) is 0. The number of nitro benzene ring substituents is 1. The fourth-order valence-electron chi connectivity index (χ4n) is 2.64. The standard InChI is InChI=1S/C13H15FN2O4/c14-9-4-10(6-11(5-9)16(19)20)15-7-8-2-1-3-12(8)13(17)18/h4-6,8,12,15H,1-3,7H2,(H,17,18). The van der Waals surface area contributed by atoms with Crippen LogP contribution in [-0.2, 0) is 4.79 Å². The van der Waals surface area contributed by atoms with E-state index in [4.69, 9.17) is 5.11 Å². The second kappa shape index (κ2) is 5.85. The van der Waals surface area contributed by atoms with Crippen LogP contribution in [0.5, 0.6) is 0 Å². The summed E-state index contributed by atoms with van der Waals surface area (Å²) < 4.78 is 13.3. The molecule has 0 saturated heterocycles. The molecule has 0 bridgehead atoms. The van der Waals surface area contributed by atoms with Crippen molar-refractivity contribution in [2.24, 2.45) is 11.8 Å². The predicted octanol–water partition coefficient (Wildman–Crippen LogP) is 2.65. The first-order valence-electron chi connectivity index (χ1n) is 6.39. The van der Waals surface area contributed by atoms with Crippen molar-refractivity contribution in [2.75, 3.05) is 11.9 Å². The summed E-state index contributed by atoms with van der Waals surface area (Å²) in [6.45, 7) is 0.373. The van der Waals surface area contributed by atoms with E-state index in [1.165, 1.54) is 6.07 Å². The maximum absolute atomic E-state index is 13.3. The van der Waals surface area contributed by atoms with Crippen molar-refractivity contribution in [3.63, 3.8) is 0 Å². The van der Waals surface area contributed by atoms with E-state index < -0.39 is 22.6 Å². The van der Waals surface area contributed by atoms with Crippen molar-refractivity contribution in [1.82, 2.24) is 0 Å². The molecule has 20 heavy (non-hydrogen) atoms. The number of nitrogens with zero attached hydrogens (tertiary/aromatic N) is 1. The summed E-state index contributed by atoms with van der Waals surface area (Å²) >= 11 is 0. The van der Waals surface area contributed by atoms with E-state index in [0.717, 1.165) is 25.0 Å². The molecule has 0 heterocycles. The van der Waals surface area contributed by atoms with Crippen molar-refractivity contribution >= 4 is 17.3 Å².